The number of esters is 1. The van der Waals surface area contributed by atoms with Crippen molar-refractivity contribution in [2.24, 2.45) is 0 Å². The highest BCUT2D eigenvalue weighted by molar-refractivity contribution is 5.91. The van der Waals surface area contributed by atoms with Crippen molar-refractivity contribution in [3.8, 4) is 17.6 Å². The second-order valence-electron chi connectivity index (χ2n) is 9.97. The maximum absolute atomic E-state index is 14.8. The topological polar surface area (TPSA) is 158 Å². The lowest BCUT2D eigenvalue weighted by molar-refractivity contribution is -0.185. The molecule has 5 N–H and O–H groups in total. The van der Waals surface area contributed by atoms with Crippen LogP contribution in [0.3, 0.4) is 0 Å². The molecule has 9 nitrogen and oxygen atoms in total. The molecular formula is C33H35F2N3O6. The molecule has 0 aliphatic heterocycles. The van der Waals surface area contributed by atoms with E-state index in [0.717, 1.165) is 19.3 Å². The van der Waals surface area contributed by atoms with Crippen molar-refractivity contribution in [1.29, 1.82) is 5.26 Å². The van der Waals surface area contributed by atoms with Crippen LogP contribution in [0.15, 0.2) is 66.7 Å². The summed E-state index contributed by atoms with van der Waals surface area (Å²) < 4.78 is 45.5. The smallest absolute Gasteiger partial charge is 0.426 e. The van der Waals surface area contributed by atoms with Crippen molar-refractivity contribution in [2.45, 2.75) is 57.7 Å². The highest BCUT2D eigenvalue weighted by Crippen LogP contribution is 2.33. The first-order valence-corrected chi connectivity index (χ1v) is 14.1. The van der Waals surface area contributed by atoms with E-state index in [4.69, 9.17) is 36.0 Å². The number of hydrogen-bond donors (Lipinski definition) is 3. The zero-order valence-electron chi connectivity index (χ0n) is 24.3. The van der Waals surface area contributed by atoms with Crippen molar-refractivity contribution in [1.82, 2.24) is 0 Å². The number of halogens is 2. The minimum absolute atomic E-state index is 0.0345. The van der Waals surface area contributed by atoms with Crippen LogP contribution in [0.1, 0.15) is 66.1 Å². The number of benzene rings is 3. The fourth-order valence-corrected chi connectivity index (χ4v) is 4.21. The number of rotatable bonds is 16. The summed E-state index contributed by atoms with van der Waals surface area (Å²) in [6.45, 7) is 2.25. The highest BCUT2D eigenvalue weighted by atomic mass is 19.3. The molecule has 0 aromatic heterocycles. The van der Waals surface area contributed by atoms with Crippen LogP contribution in [0.4, 0.5) is 20.2 Å². The number of nitrogens with two attached hydrogens (primary N) is 2. The van der Waals surface area contributed by atoms with Crippen molar-refractivity contribution in [3.63, 3.8) is 0 Å². The van der Waals surface area contributed by atoms with Gasteiger partial charge in [0, 0.05) is 35.9 Å². The summed E-state index contributed by atoms with van der Waals surface area (Å²) in [6.07, 6.45) is 2.12. The zero-order valence-corrected chi connectivity index (χ0v) is 24.3. The number of anilines is 2. The summed E-state index contributed by atoms with van der Waals surface area (Å²) in [5, 5.41) is 17.7. The van der Waals surface area contributed by atoms with Crippen LogP contribution in [0, 0.1) is 11.3 Å². The summed E-state index contributed by atoms with van der Waals surface area (Å²) in [6, 6.07) is 15.9. The molecule has 0 radical (unpaired) electrons. The fraction of sp³-hybridized carbons (Fsp3) is 0.303. The molecule has 3 rings (SSSR count). The SMILES string of the molecule is CCC(Cc1c(N)cc(C(=O)O)cc1N)OC(=O)C=Cc1ccc(OC(F)(F)c2ccc(OCCCCCC#N)cc2)cc1. The van der Waals surface area contributed by atoms with Crippen LogP contribution in [0.2, 0.25) is 0 Å². The maximum atomic E-state index is 14.8. The van der Waals surface area contributed by atoms with E-state index in [0.29, 0.717) is 36.3 Å². The van der Waals surface area contributed by atoms with E-state index in [1.807, 2.05) is 6.92 Å². The first-order valence-electron chi connectivity index (χ1n) is 14.1. The second-order valence-corrected chi connectivity index (χ2v) is 9.97. The molecule has 0 aliphatic carbocycles. The standard InChI is InChI=1S/C33H35F2N3O6/c1-2-25(21-28-29(37)19-23(32(40)41)20-30(28)38)43-31(39)16-9-22-7-12-27(13-8-22)44-33(34,35)24-10-14-26(15-11-24)42-18-6-4-3-5-17-36/h7-16,19-20,25H,2-6,18,21,37-38H2,1H3,(H,40,41). The van der Waals surface area contributed by atoms with E-state index in [2.05, 4.69) is 6.07 Å². The number of nitrogens with zero attached hydrogens (tertiary/aromatic N) is 1. The monoisotopic (exact) mass is 607 g/mol. The molecule has 1 atom stereocenters. The van der Waals surface area contributed by atoms with Crippen LogP contribution in [0.5, 0.6) is 11.5 Å². The predicted molar refractivity (Wildman–Crippen MR) is 162 cm³/mol. The van der Waals surface area contributed by atoms with E-state index in [-0.39, 0.29) is 34.7 Å². The van der Waals surface area contributed by atoms with Gasteiger partial charge in [0.15, 0.2) is 0 Å². The average Bonchev–Trinajstić information content (AvgIpc) is 2.99. The first kappa shape index (κ1) is 33.4. The molecule has 11 heteroatoms. The quantitative estimate of drug-likeness (QED) is 0.0696. The summed E-state index contributed by atoms with van der Waals surface area (Å²) in [5.74, 6) is -1.39. The molecule has 232 valence electrons. The fourth-order valence-electron chi connectivity index (χ4n) is 4.21. The normalized spacial score (nSPS) is 12.0. The highest BCUT2D eigenvalue weighted by Gasteiger charge is 2.34. The Kier molecular flexibility index (Phi) is 12.1. The van der Waals surface area contributed by atoms with Crippen molar-refractivity contribution < 1.29 is 37.7 Å². The van der Waals surface area contributed by atoms with Crippen LogP contribution in [-0.4, -0.2) is 29.8 Å². The van der Waals surface area contributed by atoms with Gasteiger partial charge in [0.1, 0.15) is 17.6 Å². The number of nitrogen functional groups attached to an aromatic ring is 2. The summed E-state index contributed by atoms with van der Waals surface area (Å²) in [4.78, 5) is 23.6. The number of carboxylic acid groups (broad SMARTS) is 1. The molecule has 0 fully saturated rings. The minimum Gasteiger partial charge on any atom is -0.494 e. The Bertz CT molecular complexity index is 1460. The van der Waals surface area contributed by atoms with E-state index in [9.17, 15) is 18.4 Å². The van der Waals surface area contributed by atoms with Gasteiger partial charge in [0.25, 0.3) is 0 Å². The number of nitriles is 1. The second kappa shape index (κ2) is 15.9. The molecule has 0 saturated carbocycles. The third-order valence-electron chi connectivity index (χ3n) is 6.67. The Hall–Kier alpha value is -5.11. The van der Waals surface area contributed by atoms with Gasteiger partial charge in [0.05, 0.1) is 23.8 Å². The van der Waals surface area contributed by atoms with Crippen LogP contribution in [-0.2, 0) is 22.1 Å². The molecule has 0 spiro atoms. The predicted octanol–water partition coefficient (Wildman–Crippen LogP) is 6.72. The number of aromatic carboxylic acids is 1. The number of alkyl halides is 2. The third-order valence-corrected chi connectivity index (χ3v) is 6.67. The van der Waals surface area contributed by atoms with Gasteiger partial charge < -0.3 is 30.8 Å². The summed E-state index contributed by atoms with van der Waals surface area (Å²) in [5.41, 5.74) is 13.0. The summed E-state index contributed by atoms with van der Waals surface area (Å²) >= 11 is 0. The molecule has 0 aliphatic rings. The van der Waals surface area contributed by atoms with Gasteiger partial charge in [-0.05, 0) is 85.9 Å². The molecule has 0 bridgehead atoms. The van der Waals surface area contributed by atoms with Crippen molar-refractivity contribution in [3.05, 3.63) is 89.0 Å². The Morgan fingerprint density at radius 2 is 1.64 bits per heavy atom. The van der Waals surface area contributed by atoms with Crippen molar-refractivity contribution >= 4 is 29.4 Å². The van der Waals surface area contributed by atoms with Gasteiger partial charge >= 0.3 is 18.0 Å². The Morgan fingerprint density at radius 1 is 1.00 bits per heavy atom. The van der Waals surface area contributed by atoms with E-state index in [1.165, 1.54) is 72.8 Å². The zero-order chi connectivity index (χ0) is 32.1. The van der Waals surface area contributed by atoms with E-state index >= 15 is 0 Å². The average molecular weight is 608 g/mol. The lowest BCUT2D eigenvalue weighted by Crippen LogP contribution is -2.21. The number of hydrogen-bond acceptors (Lipinski definition) is 8. The molecule has 3 aromatic carbocycles. The number of carbonyl (C=O) groups excluding carboxylic acids is 1. The van der Waals surface area contributed by atoms with Gasteiger partial charge in [-0.25, -0.2) is 9.59 Å². The van der Waals surface area contributed by atoms with Gasteiger partial charge in [-0.15, -0.1) is 0 Å². The number of ether oxygens (including phenoxy) is 3. The van der Waals surface area contributed by atoms with Crippen LogP contribution < -0.4 is 20.9 Å². The van der Waals surface area contributed by atoms with Crippen LogP contribution in [0.25, 0.3) is 6.08 Å². The molecule has 0 amide bonds. The Balaban J connectivity index is 1.52. The van der Waals surface area contributed by atoms with Crippen LogP contribution >= 0.6 is 0 Å². The maximum Gasteiger partial charge on any atom is 0.426 e. The van der Waals surface area contributed by atoms with Gasteiger partial charge in [-0.2, -0.15) is 14.0 Å². The largest absolute Gasteiger partial charge is 0.494 e. The van der Waals surface area contributed by atoms with Crippen molar-refractivity contribution in [2.75, 3.05) is 18.1 Å². The van der Waals surface area contributed by atoms with Gasteiger partial charge in [-0.1, -0.05) is 19.1 Å². The number of unbranched alkanes of at least 4 members (excludes halogenated alkanes) is 3. The molecule has 1 unspecified atom stereocenters. The number of carbonyl (C=O) groups is 2. The van der Waals surface area contributed by atoms with E-state index < -0.39 is 24.2 Å². The lowest BCUT2D eigenvalue weighted by Gasteiger charge is -2.19. The molecule has 3 aromatic rings. The van der Waals surface area contributed by atoms with E-state index in [1.54, 1.807) is 0 Å². The Labute approximate surface area is 254 Å². The Morgan fingerprint density at radius 3 is 2.23 bits per heavy atom. The first-order chi connectivity index (χ1) is 21.0. The number of carboxylic acids is 1. The molecule has 0 heterocycles. The lowest BCUT2D eigenvalue weighted by atomic mass is 10.00. The molecule has 44 heavy (non-hydrogen) atoms. The third kappa shape index (κ3) is 10.0. The molecule has 0 saturated heterocycles. The van der Waals surface area contributed by atoms with Gasteiger partial charge in [-0.3, -0.25) is 0 Å². The minimum atomic E-state index is -3.59. The molecular weight excluding hydrogens is 572 g/mol. The van der Waals surface area contributed by atoms with Gasteiger partial charge in [0.2, 0.25) is 0 Å². The summed E-state index contributed by atoms with van der Waals surface area (Å²) in [7, 11) is 0.